The van der Waals surface area contributed by atoms with Gasteiger partial charge in [0.15, 0.2) is 0 Å². The number of carbonyl (C=O) groups is 1. The van der Waals surface area contributed by atoms with E-state index in [1.54, 1.807) is 37.4 Å². The number of hydrogen-bond donors (Lipinski definition) is 1. The molecule has 1 amide bonds. The van der Waals surface area contributed by atoms with Crippen LogP contribution >= 0.6 is 0 Å². The van der Waals surface area contributed by atoms with Gasteiger partial charge in [-0.15, -0.1) is 0 Å². The van der Waals surface area contributed by atoms with Gasteiger partial charge in [0.1, 0.15) is 11.5 Å². The lowest BCUT2D eigenvalue weighted by atomic mass is 10.2. The summed E-state index contributed by atoms with van der Waals surface area (Å²) in [5.41, 5.74) is 1.28. The molecule has 28 heavy (non-hydrogen) atoms. The van der Waals surface area contributed by atoms with Gasteiger partial charge in [0.25, 0.3) is 0 Å². The van der Waals surface area contributed by atoms with Crippen LogP contribution in [0.25, 0.3) is 0 Å². The highest BCUT2D eigenvalue weighted by atomic mass is 32.2. The number of ether oxygens (including phenoxy) is 2. The minimum absolute atomic E-state index is 0.140. The third-order valence-electron chi connectivity index (χ3n) is 4.14. The first-order chi connectivity index (χ1) is 13.2. The van der Waals surface area contributed by atoms with Crippen molar-refractivity contribution in [1.29, 1.82) is 0 Å². The molecule has 0 aliphatic carbocycles. The maximum atomic E-state index is 12.3. The molecule has 2 rings (SSSR count). The molecule has 8 heteroatoms. The van der Waals surface area contributed by atoms with Crippen LogP contribution in [0.2, 0.25) is 0 Å². The number of aryl methyl sites for hydroxylation is 1. The van der Waals surface area contributed by atoms with Gasteiger partial charge in [0.05, 0.1) is 18.6 Å². The highest BCUT2D eigenvalue weighted by Crippen LogP contribution is 2.22. The molecular weight excluding hydrogens is 380 g/mol. The van der Waals surface area contributed by atoms with E-state index >= 15 is 0 Å². The monoisotopic (exact) mass is 406 g/mol. The first kappa shape index (κ1) is 21.7. The molecule has 152 valence electrons. The quantitative estimate of drug-likeness (QED) is 0.647. The van der Waals surface area contributed by atoms with Crippen molar-refractivity contribution in [1.82, 2.24) is 4.31 Å². The number of hydrogen-bond acceptors (Lipinski definition) is 5. The zero-order valence-electron chi connectivity index (χ0n) is 16.6. The van der Waals surface area contributed by atoms with E-state index in [9.17, 15) is 13.2 Å². The van der Waals surface area contributed by atoms with Crippen molar-refractivity contribution in [3.8, 4) is 11.5 Å². The van der Waals surface area contributed by atoms with Crippen LogP contribution in [0.3, 0.4) is 0 Å². The second-order valence-corrected chi connectivity index (χ2v) is 8.59. The van der Waals surface area contributed by atoms with Crippen LogP contribution in [0.4, 0.5) is 5.69 Å². The number of methoxy groups -OCH3 is 1. The van der Waals surface area contributed by atoms with Crippen molar-refractivity contribution in [3.05, 3.63) is 48.0 Å². The van der Waals surface area contributed by atoms with Crippen LogP contribution in [0, 0.1) is 6.92 Å². The summed E-state index contributed by atoms with van der Waals surface area (Å²) in [6.45, 7) is 2.21. The smallest absolute Gasteiger partial charge is 0.242 e. The molecule has 2 aromatic carbocycles. The van der Waals surface area contributed by atoms with Crippen molar-refractivity contribution in [2.45, 2.75) is 24.7 Å². The normalized spacial score (nSPS) is 11.3. The molecule has 0 fully saturated rings. The molecule has 2 aromatic rings. The molecule has 0 saturated carbocycles. The van der Waals surface area contributed by atoms with Crippen LogP contribution in [0.15, 0.2) is 47.4 Å². The molecule has 0 saturated heterocycles. The Morgan fingerprint density at radius 1 is 1.07 bits per heavy atom. The third-order valence-corrected chi connectivity index (χ3v) is 5.95. The van der Waals surface area contributed by atoms with Crippen LogP contribution in [-0.2, 0) is 14.8 Å². The van der Waals surface area contributed by atoms with E-state index in [0.29, 0.717) is 24.5 Å². The SMILES string of the molecule is COc1ccc(OCCCC(=O)Nc2cc(S(=O)(=O)N(C)C)ccc2C)cc1. The Bertz CT molecular complexity index is 909. The molecule has 0 aliphatic rings. The lowest BCUT2D eigenvalue weighted by molar-refractivity contribution is -0.116. The molecule has 0 heterocycles. The van der Waals surface area contributed by atoms with E-state index in [4.69, 9.17) is 9.47 Å². The molecule has 0 atom stereocenters. The number of carbonyl (C=O) groups excluding carboxylic acids is 1. The number of nitrogens with one attached hydrogen (secondary N) is 1. The van der Waals surface area contributed by atoms with E-state index in [2.05, 4.69) is 5.32 Å². The Kier molecular flexibility index (Phi) is 7.42. The van der Waals surface area contributed by atoms with Crippen molar-refractivity contribution < 1.29 is 22.7 Å². The average molecular weight is 407 g/mol. The zero-order chi connectivity index (χ0) is 20.7. The number of sulfonamides is 1. The minimum Gasteiger partial charge on any atom is -0.497 e. The number of rotatable bonds is 9. The summed E-state index contributed by atoms with van der Waals surface area (Å²) in [7, 11) is 0.981. The van der Waals surface area contributed by atoms with Gasteiger partial charge in [0.2, 0.25) is 15.9 Å². The topological polar surface area (TPSA) is 84.9 Å². The Balaban J connectivity index is 1.88. The first-order valence-corrected chi connectivity index (χ1v) is 10.3. The molecule has 0 bridgehead atoms. The first-order valence-electron chi connectivity index (χ1n) is 8.84. The van der Waals surface area contributed by atoms with Gasteiger partial charge < -0.3 is 14.8 Å². The molecule has 0 aliphatic heterocycles. The second-order valence-electron chi connectivity index (χ2n) is 6.44. The Labute approximate surface area is 166 Å². The van der Waals surface area contributed by atoms with E-state index in [1.807, 2.05) is 6.92 Å². The number of anilines is 1. The Morgan fingerprint density at radius 2 is 1.71 bits per heavy atom. The van der Waals surface area contributed by atoms with Crippen LogP contribution in [0.1, 0.15) is 18.4 Å². The Hall–Kier alpha value is -2.58. The number of benzene rings is 2. The van der Waals surface area contributed by atoms with E-state index in [0.717, 1.165) is 15.6 Å². The molecule has 7 nitrogen and oxygen atoms in total. The van der Waals surface area contributed by atoms with Crippen LogP contribution < -0.4 is 14.8 Å². The summed E-state index contributed by atoms with van der Waals surface area (Å²) in [6, 6.07) is 11.9. The maximum Gasteiger partial charge on any atom is 0.242 e. The molecule has 1 N–H and O–H groups in total. The predicted molar refractivity (Wildman–Crippen MR) is 108 cm³/mol. The van der Waals surface area contributed by atoms with Crippen molar-refractivity contribution in [3.63, 3.8) is 0 Å². The molecule has 0 spiro atoms. The highest BCUT2D eigenvalue weighted by molar-refractivity contribution is 7.89. The third kappa shape index (κ3) is 5.71. The van der Waals surface area contributed by atoms with Gasteiger partial charge in [-0.2, -0.15) is 0 Å². The largest absolute Gasteiger partial charge is 0.497 e. The molecule has 0 radical (unpaired) electrons. The Morgan fingerprint density at radius 3 is 2.32 bits per heavy atom. The van der Waals surface area contributed by atoms with Gasteiger partial charge in [-0.1, -0.05) is 6.07 Å². The van der Waals surface area contributed by atoms with Crippen molar-refractivity contribution in [2.24, 2.45) is 0 Å². The highest BCUT2D eigenvalue weighted by Gasteiger charge is 2.18. The lowest BCUT2D eigenvalue weighted by Crippen LogP contribution is -2.22. The molecule has 0 unspecified atom stereocenters. The fourth-order valence-corrected chi connectivity index (χ4v) is 3.34. The maximum absolute atomic E-state index is 12.3. The average Bonchev–Trinajstić information content (AvgIpc) is 2.67. The summed E-state index contributed by atoms with van der Waals surface area (Å²) in [5, 5.41) is 2.78. The lowest BCUT2D eigenvalue weighted by Gasteiger charge is -2.14. The summed E-state index contributed by atoms with van der Waals surface area (Å²) in [6.07, 6.45) is 0.798. The summed E-state index contributed by atoms with van der Waals surface area (Å²) < 4.78 is 36.3. The number of amides is 1. The summed E-state index contributed by atoms with van der Waals surface area (Å²) in [4.78, 5) is 12.4. The molecular formula is C20H26N2O5S. The van der Waals surface area contributed by atoms with Gasteiger partial charge in [-0.25, -0.2) is 12.7 Å². The second kappa shape index (κ2) is 9.57. The van der Waals surface area contributed by atoms with Crippen LogP contribution in [0.5, 0.6) is 11.5 Å². The standard InChI is InChI=1S/C20H26N2O5S/c1-15-7-12-18(28(24,25)22(2)3)14-19(15)21-20(23)6-5-13-27-17-10-8-16(26-4)9-11-17/h7-12,14H,5-6,13H2,1-4H3,(H,21,23). The van der Waals surface area contributed by atoms with Gasteiger partial charge >= 0.3 is 0 Å². The van der Waals surface area contributed by atoms with Crippen molar-refractivity contribution >= 4 is 21.6 Å². The van der Waals surface area contributed by atoms with Crippen molar-refractivity contribution in [2.75, 3.05) is 33.1 Å². The van der Waals surface area contributed by atoms with E-state index in [1.165, 1.54) is 26.2 Å². The van der Waals surface area contributed by atoms with Gasteiger partial charge in [-0.3, -0.25) is 4.79 Å². The van der Waals surface area contributed by atoms with Gasteiger partial charge in [-0.05, 0) is 55.3 Å². The van der Waals surface area contributed by atoms with E-state index in [-0.39, 0.29) is 17.2 Å². The summed E-state index contributed by atoms with van der Waals surface area (Å²) in [5.74, 6) is 1.26. The molecule has 0 aromatic heterocycles. The summed E-state index contributed by atoms with van der Waals surface area (Å²) >= 11 is 0. The minimum atomic E-state index is -3.56. The number of nitrogens with zero attached hydrogens (tertiary/aromatic N) is 1. The zero-order valence-corrected chi connectivity index (χ0v) is 17.4. The van der Waals surface area contributed by atoms with Gasteiger partial charge in [0, 0.05) is 26.2 Å². The predicted octanol–water partition coefficient (Wildman–Crippen LogP) is 3.05. The fraction of sp³-hybridized carbons (Fsp3) is 0.350. The van der Waals surface area contributed by atoms with E-state index < -0.39 is 10.0 Å². The fourth-order valence-electron chi connectivity index (χ4n) is 2.41. The van der Waals surface area contributed by atoms with Crippen LogP contribution in [-0.4, -0.2) is 46.4 Å².